The fourth-order valence-electron chi connectivity index (χ4n) is 0.848. The Bertz CT molecular complexity index is 357. The van der Waals surface area contributed by atoms with Crippen molar-refractivity contribution < 1.29 is 18.3 Å². The molecule has 0 saturated heterocycles. The van der Waals surface area contributed by atoms with Gasteiger partial charge in [-0.25, -0.2) is 18.6 Å². The minimum atomic E-state index is -2.76. The molecule has 0 aliphatic heterocycles. The van der Waals surface area contributed by atoms with Crippen molar-refractivity contribution in [1.29, 1.82) is 0 Å². The van der Waals surface area contributed by atoms with Gasteiger partial charge in [0, 0.05) is 6.20 Å². The second-order valence-electron chi connectivity index (χ2n) is 2.40. The third kappa shape index (κ3) is 2.17. The van der Waals surface area contributed by atoms with Gasteiger partial charge in [0.15, 0.2) is 0 Å². The van der Waals surface area contributed by atoms with Crippen LogP contribution >= 0.6 is 11.6 Å². The van der Waals surface area contributed by atoms with E-state index in [4.69, 9.17) is 11.6 Å². The van der Waals surface area contributed by atoms with E-state index in [9.17, 15) is 13.6 Å². The zero-order valence-electron chi connectivity index (χ0n) is 7.13. The van der Waals surface area contributed by atoms with Crippen molar-refractivity contribution in [3.05, 3.63) is 28.5 Å². The topological polar surface area (TPSA) is 39.2 Å². The Labute approximate surface area is 83.7 Å². The zero-order chi connectivity index (χ0) is 10.7. The lowest BCUT2D eigenvalue weighted by Crippen LogP contribution is -2.03. The third-order valence-electron chi connectivity index (χ3n) is 1.52. The standard InChI is InChI=1S/C8H6ClF2NO2/c1-14-8(13)4-2-5(7(10)11)6(9)12-3-4/h2-3,7H,1H3. The lowest BCUT2D eigenvalue weighted by molar-refractivity contribution is 0.0599. The smallest absolute Gasteiger partial charge is 0.339 e. The van der Waals surface area contributed by atoms with Gasteiger partial charge in [0.25, 0.3) is 6.43 Å². The number of alkyl halides is 2. The molecule has 1 heterocycles. The maximum Gasteiger partial charge on any atom is 0.339 e. The van der Waals surface area contributed by atoms with Crippen LogP contribution in [0.4, 0.5) is 8.78 Å². The Morgan fingerprint density at radius 1 is 1.64 bits per heavy atom. The lowest BCUT2D eigenvalue weighted by atomic mass is 10.2. The lowest BCUT2D eigenvalue weighted by Gasteiger charge is -2.04. The van der Waals surface area contributed by atoms with Gasteiger partial charge in [-0.05, 0) is 6.07 Å². The maximum atomic E-state index is 12.3. The molecule has 1 rings (SSSR count). The van der Waals surface area contributed by atoms with E-state index >= 15 is 0 Å². The summed E-state index contributed by atoms with van der Waals surface area (Å²) in [5.41, 5.74) is -0.526. The Morgan fingerprint density at radius 3 is 2.79 bits per heavy atom. The highest BCUT2D eigenvalue weighted by molar-refractivity contribution is 6.30. The Morgan fingerprint density at radius 2 is 2.29 bits per heavy atom. The summed E-state index contributed by atoms with van der Waals surface area (Å²) in [5, 5.41) is -0.312. The number of pyridine rings is 1. The zero-order valence-corrected chi connectivity index (χ0v) is 7.89. The van der Waals surface area contributed by atoms with Crippen LogP contribution in [-0.4, -0.2) is 18.1 Å². The number of methoxy groups -OCH3 is 1. The van der Waals surface area contributed by atoms with E-state index in [2.05, 4.69) is 9.72 Å². The molecule has 0 aromatic carbocycles. The SMILES string of the molecule is COC(=O)c1cnc(Cl)c(C(F)F)c1. The fraction of sp³-hybridized carbons (Fsp3) is 0.250. The number of ether oxygens (including phenoxy) is 1. The van der Waals surface area contributed by atoms with Crippen molar-refractivity contribution in [1.82, 2.24) is 4.98 Å². The number of rotatable bonds is 2. The van der Waals surface area contributed by atoms with Crippen LogP contribution < -0.4 is 0 Å². The number of hydrogen-bond acceptors (Lipinski definition) is 3. The maximum absolute atomic E-state index is 12.3. The number of halogens is 3. The molecule has 0 atom stereocenters. The normalized spacial score (nSPS) is 10.4. The molecular formula is C8H6ClF2NO2. The Kier molecular flexibility index (Phi) is 3.35. The summed E-state index contributed by atoms with van der Waals surface area (Å²) >= 11 is 5.40. The second kappa shape index (κ2) is 4.32. The minimum absolute atomic E-state index is 0.0489. The van der Waals surface area contributed by atoms with Crippen LogP contribution in [-0.2, 0) is 4.74 Å². The molecule has 3 nitrogen and oxygen atoms in total. The van der Waals surface area contributed by atoms with E-state index in [1.807, 2.05) is 0 Å². The largest absolute Gasteiger partial charge is 0.465 e. The molecule has 0 N–H and O–H groups in total. The van der Waals surface area contributed by atoms with E-state index in [1.165, 1.54) is 0 Å². The molecule has 14 heavy (non-hydrogen) atoms. The third-order valence-corrected chi connectivity index (χ3v) is 1.84. The summed E-state index contributed by atoms with van der Waals surface area (Å²) in [6, 6.07) is 0.964. The highest BCUT2D eigenvalue weighted by atomic mass is 35.5. The van der Waals surface area contributed by atoms with Crippen LogP contribution in [0.25, 0.3) is 0 Å². The summed E-state index contributed by atoms with van der Waals surface area (Å²) < 4.78 is 28.9. The van der Waals surface area contributed by atoms with Gasteiger partial charge in [0.2, 0.25) is 0 Å². The highest BCUT2D eigenvalue weighted by Crippen LogP contribution is 2.25. The number of nitrogens with zero attached hydrogens (tertiary/aromatic N) is 1. The first-order valence-electron chi connectivity index (χ1n) is 3.58. The molecular weight excluding hydrogens is 216 g/mol. The monoisotopic (exact) mass is 221 g/mol. The first kappa shape index (κ1) is 10.8. The molecule has 1 aromatic heterocycles. The van der Waals surface area contributed by atoms with E-state index in [1.54, 1.807) is 0 Å². The molecule has 1 aromatic rings. The molecule has 0 bridgehead atoms. The summed E-state index contributed by atoms with van der Waals surface area (Å²) in [7, 11) is 1.15. The van der Waals surface area contributed by atoms with E-state index in [-0.39, 0.29) is 10.7 Å². The van der Waals surface area contributed by atoms with Gasteiger partial charge in [-0.2, -0.15) is 0 Å². The van der Waals surface area contributed by atoms with Crippen LogP contribution in [0.1, 0.15) is 22.3 Å². The van der Waals surface area contributed by atoms with Gasteiger partial charge in [0.05, 0.1) is 18.2 Å². The van der Waals surface area contributed by atoms with E-state index in [0.29, 0.717) is 0 Å². The number of aromatic nitrogens is 1. The molecule has 0 spiro atoms. The average molecular weight is 222 g/mol. The Hall–Kier alpha value is -1.23. The molecule has 0 radical (unpaired) electrons. The van der Waals surface area contributed by atoms with Gasteiger partial charge in [-0.1, -0.05) is 11.6 Å². The molecule has 0 aliphatic carbocycles. The van der Waals surface area contributed by atoms with Gasteiger partial charge < -0.3 is 4.74 Å². The minimum Gasteiger partial charge on any atom is -0.465 e. The molecule has 6 heteroatoms. The predicted molar refractivity (Wildman–Crippen MR) is 45.5 cm³/mol. The van der Waals surface area contributed by atoms with Crippen LogP contribution in [0, 0.1) is 0 Å². The van der Waals surface area contributed by atoms with Crippen LogP contribution in [0.2, 0.25) is 5.15 Å². The van der Waals surface area contributed by atoms with Crippen molar-refractivity contribution in [2.75, 3.05) is 7.11 Å². The second-order valence-corrected chi connectivity index (χ2v) is 2.75. The number of esters is 1. The molecule has 76 valence electrons. The average Bonchev–Trinajstić information content (AvgIpc) is 2.17. The van der Waals surface area contributed by atoms with Gasteiger partial charge in [0.1, 0.15) is 5.15 Å². The van der Waals surface area contributed by atoms with Crippen molar-refractivity contribution in [2.24, 2.45) is 0 Å². The highest BCUT2D eigenvalue weighted by Gasteiger charge is 2.16. The van der Waals surface area contributed by atoms with Crippen LogP contribution in [0.5, 0.6) is 0 Å². The van der Waals surface area contributed by atoms with Crippen LogP contribution in [0.15, 0.2) is 12.3 Å². The molecule has 0 amide bonds. The summed E-state index contributed by atoms with van der Waals surface area (Å²) in [5.74, 6) is -0.726. The Balaban J connectivity index is 3.13. The van der Waals surface area contributed by atoms with Crippen molar-refractivity contribution in [3.63, 3.8) is 0 Å². The van der Waals surface area contributed by atoms with Gasteiger partial charge >= 0.3 is 5.97 Å². The molecule has 0 unspecified atom stereocenters. The molecule has 0 aliphatic rings. The van der Waals surface area contributed by atoms with Gasteiger partial charge in [-0.15, -0.1) is 0 Å². The molecule has 0 saturated carbocycles. The molecule has 0 fully saturated rings. The van der Waals surface area contributed by atoms with Crippen molar-refractivity contribution >= 4 is 17.6 Å². The summed E-state index contributed by atoms with van der Waals surface area (Å²) in [6.45, 7) is 0. The first-order chi connectivity index (χ1) is 6.56. The van der Waals surface area contributed by atoms with E-state index < -0.39 is 18.0 Å². The van der Waals surface area contributed by atoms with Gasteiger partial charge in [-0.3, -0.25) is 0 Å². The number of hydrogen-bond donors (Lipinski definition) is 0. The number of carbonyl (C=O) groups is 1. The first-order valence-corrected chi connectivity index (χ1v) is 3.96. The summed E-state index contributed by atoms with van der Waals surface area (Å²) in [4.78, 5) is 14.4. The summed E-state index contributed by atoms with van der Waals surface area (Å²) in [6.07, 6.45) is -1.68. The van der Waals surface area contributed by atoms with Crippen molar-refractivity contribution in [3.8, 4) is 0 Å². The van der Waals surface area contributed by atoms with E-state index in [0.717, 1.165) is 19.4 Å². The quantitative estimate of drug-likeness (QED) is 0.569. The van der Waals surface area contributed by atoms with Crippen LogP contribution in [0.3, 0.4) is 0 Å². The number of carbonyl (C=O) groups excluding carboxylic acids is 1. The van der Waals surface area contributed by atoms with Crippen molar-refractivity contribution in [2.45, 2.75) is 6.43 Å². The predicted octanol–water partition coefficient (Wildman–Crippen LogP) is 2.46. The fourth-order valence-corrected chi connectivity index (χ4v) is 1.03.